The fourth-order valence-corrected chi connectivity index (χ4v) is 4.23. The predicted octanol–water partition coefficient (Wildman–Crippen LogP) is 4.46. The minimum Gasteiger partial charge on any atom is -0.459 e. The summed E-state index contributed by atoms with van der Waals surface area (Å²) in [6, 6.07) is 11.3. The largest absolute Gasteiger partial charge is 0.459 e. The molecule has 1 fully saturated rings. The van der Waals surface area contributed by atoms with E-state index in [1.54, 1.807) is 12.1 Å². The molecule has 1 aromatic heterocycles. The first-order chi connectivity index (χ1) is 12.7. The first-order valence-electron chi connectivity index (χ1n) is 9.09. The second-order valence-electron chi connectivity index (χ2n) is 6.43. The van der Waals surface area contributed by atoms with Crippen molar-refractivity contribution in [2.24, 2.45) is 0 Å². The molecule has 6 heteroatoms. The zero-order chi connectivity index (χ0) is 18.2. The molecule has 2 aromatic rings. The van der Waals surface area contributed by atoms with E-state index in [0.29, 0.717) is 19.4 Å². The molecule has 2 amide bonds. The van der Waals surface area contributed by atoms with Crippen molar-refractivity contribution in [3.63, 3.8) is 0 Å². The number of furan rings is 1. The molecular formula is C20H24N2O3S. The van der Waals surface area contributed by atoms with Crippen LogP contribution >= 0.6 is 11.8 Å². The van der Waals surface area contributed by atoms with Crippen LogP contribution in [0.25, 0.3) is 0 Å². The molecular weight excluding hydrogens is 348 g/mol. The zero-order valence-corrected chi connectivity index (χ0v) is 15.5. The van der Waals surface area contributed by atoms with Crippen molar-refractivity contribution in [1.29, 1.82) is 0 Å². The zero-order valence-electron chi connectivity index (χ0n) is 14.7. The van der Waals surface area contributed by atoms with Gasteiger partial charge in [-0.1, -0.05) is 12.8 Å². The molecule has 0 atom stereocenters. The summed E-state index contributed by atoms with van der Waals surface area (Å²) in [4.78, 5) is 25.0. The summed E-state index contributed by atoms with van der Waals surface area (Å²) >= 11 is 1.94. The Morgan fingerprint density at radius 1 is 1.12 bits per heavy atom. The number of nitrogens with one attached hydrogen (secondary N) is 2. The first-order valence-corrected chi connectivity index (χ1v) is 9.97. The van der Waals surface area contributed by atoms with Crippen LogP contribution in [-0.4, -0.2) is 23.6 Å². The number of hydrogen-bond donors (Lipinski definition) is 2. The molecule has 0 aliphatic heterocycles. The molecule has 1 aliphatic carbocycles. The standard InChI is InChI=1S/C20H24N2O3S/c23-19(8-3-13-21-20(24)18-7-4-14-25-18)22-15-9-11-17(12-10-15)26-16-5-1-2-6-16/h4,7,9-12,14,16H,1-3,5-6,8,13H2,(H,21,24)(H,22,23). The van der Waals surface area contributed by atoms with Crippen molar-refractivity contribution in [2.45, 2.75) is 48.7 Å². The second-order valence-corrected chi connectivity index (χ2v) is 7.81. The molecule has 3 rings (SSSR count). The lowest BCUT2D eigenvalue weighted by molar-refractivity contribution is -0.116. The highest BCUT2D eigenvalue weighted by atomic mass is 32.2. The Bertz CT molecular complexity index is 707. The van der Waals surface area contributed by atoms with Crippen LogP contribution in [0.3, 0.4) is 0 Å². The number of benzene rings is 1. The maximum atomic E-state index is 12.0. The van der Waals surface area contributed by atoms with Gasteiger partial charge >= 0.3 is 0 Å². The summed E-state index contributed by atoms with van der Waals surface area (Å²) in [5.74, 6) is -0.0239. The smallest absolute Gasteiger partial charge is 0.286 e. The van der Waals surface area contributed by atoms with E-state index in [1.807, 2.05) is 23.9 Å². The van der Waals surface area contributed by atoms with Gasteiger partial charge in [-0.05, 0) is 55.7 Å². The van der Waals surface area contributed by atoms with Gasteiger partial charge in [0, 0.05) is 28.8 Å². The van der Waals surface area contributed by atoms with Gasteiger partial charge in [0.15, 0.2) is 5.76 Å². The molecule has 138 valence electrons. The molecule has 0 spiro atoms. The highest BCUT2D eigenvalue weighted by Gasteiger charge is 2.16. The third-order valence-corrected chi connectivity index (χ3v) is 5.70. The van der Waals surface area contributed by atoms with Gasteiger partial charge in [-0.25, -0.2) is 0 Å². The average Bonchev–Trinajstić information content (AvgIpc) is 3.34. The number of rotatable bonds is 8. The monoisotopic (exact) mass is 372 g/mol. The Morgan fingerprint density at radius 2 is 1.88 bits per heavy atom. The molecule has 1 aliphatic rings. The van der Waals surface area contributed by atoms with Crippen molar-refractivity contribution in [1.82, 2.24) is 5.32 Å². The van der Waals surface area contributed by atoms with Gasteiger partial charge in [-0.3, -0.25) is 9.59 Å². The van der Waals surface area contributed by atoms with Crippen LogP contribution in [0, 0.1) is 0 Å². The van der Waals surface area contributed by atoms with Crippen molar-refractivity contribution >= 4 is 29.3 Å². The molecule has 0 unspecified atom stereocenters. The predicted molar refractivity (Wildman–Crippen MR) is 103 cm³/mol. The van der Waals surface area contributed by atoms with Gasteiger partial charge in [0.2, 0.25) is 5.91 Å². The van der Waals surface area contributed by atoms with Crippen LogP contribution in [0.4, 0.5) is 5.69 Å². The maximum Gasteiger partial charge on any atom is 0.286 e. The Balaban J connectivity index is 1.34. The summed E-state index contributed by atoms with van der Waals surface area (Å²) in [5, 5.41) is 6.37. The van der Waals surface area contributed by atoms with Crippen LogP contribution in [0.1, 0.15) is 49.1 Å². The van der Waals surface area contributed by atoms with E-state index < -0.39 is 0 Å². The highest BCUT2D eigenvalue weighted by molar-refractivity contribution is 8.00. The van der Waals surface area contributed by atoms with Gasteiger partial charge in [0.05, 0.1) is 6.26 Å². The van der Waals surface area contributed by atoms with Crippen LogP contribution in [-0.2, 0) is 4.79 Å². The number of hydrogen-bond acceptors (Lipinski definition) is 4. The van der Waals surface area contributed by atoms with E-state index in [4.69, 9.17) is 4.42 Å². The molecule has 1 heterocycles. The summed E-state index contributed by atoms with van der Waals surface area (Å²) in [7, 11) is 0. The Kier molecular flexibility index (Phi) is 6.77. The normalized spacial score (nSPS) is 14.3. The van der Waals surface area contributed by atoms with Crippen LogP contribution in [0.5, 0.6) is 0 Å². The topological polar surface area (TPSA) is 71.3 Å². The fraction of sp³-hybridized carbons (Fsp3) is 0.400. The Hall–Kier alpha value is -2.21. The lowest BCUT2D eigenvalue weighted by atomic mass is 10.2. The van der Waals surface area contributed by atoms with Crippen molar-refractivity contribution < 1.29 is 14.0 Å². The van der Waals surface area contributed by atoms with Crippen molar-refractivity contribution in [2.75, 3.05) is 11.9 Å². The van der Waals surface area contributed by atoms with Crippen molar-refractivity contribution in [3.8, 4) is 0 Å². The number of thioether (sulfide) groups is 1. The second kappa shape index (κ2) is 9.48. The maximum absolute atomic E-state index is 12.0. The molecule has 0 bridgehead atoms. The molecule has 5 nitrogen and oxygen atoms in total. The minimum absolute atomic E-state index is 0.0477. The number of carbonyl (C=O) groups excluding carboxylic acids is 2. The Morgan fingerprint density at radius 3 is 2.58 bits per heavy atom. The van der Waals surface area contributed by atoms with E-state index in [2.05, 4.69) is 22.8 Å². The molecule has 26 heavy (non-hydrogen) atoms. The third kappa shape index (κ3) is 5.66. The highest BCUT2D eigenvalue weighted by Crippen LogP contribution is 2.34. The summed E-state index contributed by atoms with van der Waals surface area (Å²) in [5.41, 5.74) is 0.811. The minimum atomic E-state index is -0.259. The lowest BCUT2D eigenvalue weighted by Gasteiger charge is -2.10. The SMILES string of the molecule is O=C(CCCNC(=O)c1ccco1)Nc1ccc(SC2CCCC2)cc1. The average molecular weight is 372 g/mol. The molecule has 0 radical (unpaired) electrons. The first kappa shape index (κ1) is 18.6. The fourth-order valence-electron chi connectivity index (χ4n) is 2.98. The molecule has 1 saturated carbocycles. The van der Waals surface area contributed by atoms with Crippen LogP contribution < -0.4 is 10.6 Å². The molecule has 2 N–H and O–H groups in total. The van der Waals surface area contributed by atoms with Gasteiger partial charge in [0.1, 0.15) is 0 Å². The van der Waals surface area contributed by atoms with E-state index in [1.165, 1.54) is 36.8 Å². The molecule has 1 aromatic carbocycles. The summed E-state index contributed by atoms with van der Waals surface area (Å²) in [6.07, 6.45) is 7.69. The van der Waals surface area contributed by atoms with Crippen LogP contribution in [0.2, 0.25) is 0 Å². The van der Waals surface area contributed by atoms with Crippen LogP contribution in [0.15, 0.2) is 52.0 Å². The van der Waals surface area contributed by atoms with E-state index in [9.17, 15) is 9.59 Å². The summed E-state index contributed by atoms with van der Waals surface area (Å²) < 4.78 is 5.01. The van der Waals surface area contributed by atoms with Gasteiger partial charge in [-0.15, -0.1) is 11.8 Å². The van der Waals surface area contributed by atoms with E-state index >= 15 is 0 Å². The number of anilines is 1. The summed E-state index contributed by atoms with van der Waals surface area (Å²) in [6.45, 7) is 0.434. The quantitative estimate of drug-likeness (QED) is 0.671. The third-order valence-electron chi connectivity index (χ3n) is 4.35. The van der Waals surface area contributed by atoms with Gasteiger partial charge < -0.3 is 15.1 Å². The number of amides is 2. The van der Waals surface area contributed by atoms with E-state index in [0.717, 1.165) is 10.9 Å². The lowest BCUT2D eigenvalue weighted by Crippen LogP contribution is -2.25. The van der Waals surface area contributed by atoms with Gasteiger partial charge in [-0.2, -0.15) is 0 Å². The van der Waals surface area contributed by atoms with Gasteiger partial charge in [0.25, 0.3) is 5.91 Å². The Labute approximate surface area is 157 Å². The van der Waals surface area contributed by atoms with E-state index in [-0.39, 0.29) is 17.6 Å². The number of carbonyl (C=O) groups is 2. The molecule has 0 saturated heterocycles. The van der Waals surface area contributed by atoms with Crippen molar-refractivity contribution in [3.05, 3.63) is 48.4 Å².